The zero-order chi connectivity index (χ0) is 12.7. The molecule has 0 amide bonds. The quantitative estimate of drug-likeness (QED) is 0.767. The van der Waals surface area contributed by atoms with E-state index in [0.717, 1.165) is 11.3 Å². The maximum absolute atomic E-state index is 6.13. The molecule has 19 heavy (non-hydrogen) atoms. The molecule has 2 aliphatic heterocycles. The van der Waals surface area contributed by atoms with E-state index in [0.29, 0.717) is 0 Å². The SMILES string of the molecule is C1=CNC2(C=C1)C=Cc1c(ccc3ccccc13)O2. The van der Waals surface area contributed by atoms with Crippen LogP contribution in [0.25, 0.3) is 16.8 Å². The lowest BCUT2D eigenvalue weighted by molar-refractivity contribution is 0.145. The van der Waals surface area contributed by atoms with Crippen molar-refractivity contribution in [3.63, 3.8) is 0 Å². The van der Waals surface area contributed by atoms with Crippen molar-refractivity contribution in [2.45, 2.75) is 5.72 Å². The monoisotopic (exact) mass is 247 g/mol. The van der Waals surface area contributed by atoms with Crippen LogP contribution < -0.4 is 10.1 Å². The highest BCUT2D eigenvalue weighted by atomic mass is 16.5. The third kappa shape index (κ3) is 1.57. The van der Waals surface area contributed by atoms with Gasteiger partial charge in [0.05, 0.1) is 0 Å². The standard InChI is InChI=1S/C17H13NO/c1-2-6-14-13(5-1)7-8-16-15(14)9-11-17(19-16)10-3-4-12-18-17/h1-12,18H. The van der Waals surface area contributed by atoms with Gasteiger partial charge >= 0.3 is 0 Å². The van der Waals surface area contributed by atoms with Crippen LogP contribution in [-0.2, 0) is 0 Å². The zero-order valence-electron chi connectivity index (χ0n) is 10.3. The van der Waals surface area contributed by atoms with Gasteiger partial charge in [-0.25, -0.2) is 0 Å². The van der Waals surface area contributed by atoms with Gasteiger partial charge in [0.1, 0.15) is 5.75 Å². The van der Waals surface area contributed by atoms with Crippen LogP contribution in [0.3, 0.4) is 0 Å². The molecule has 0 saturated carbocycles. The molecule has 4 rings (SSSR count). The van der Waals surface area contributed by atoms with E-state index in [1.54, 1.807) is 0 Å². The molecule has 1 spiro atoms. The summed E-state index contributed by atoms with van der Waals surface area (Å²) in [6.07, 6.45) is 12.1. The Morgan fingerprint density at radius 2 is 1.89 bits per heavy atom. The normalized spacial score (nSPS) is 23.2. The number of allylic oxidation sites excluding steroid dienone is 2. The summed E-state index contributed by atoms with van der Waals surface area (Å²) < 4.78 is 6.13. The van der Waals surface area contributed by atoms with Gasteiger partial charge in [-0.15, -0.1) is 0 Å². The minimum absolute atomic E-state index is 0.537. The number of fused-ring (bicyclic) bond motifs is 3. The van der Waals surface area contributed by atoms with Crippen LogP contribution in [-0.4, -0.2) is 5.72 Å². The van der Waals surface area contributed by atoms with E-state index in [4.69, 9.17) is 4.74 Å². The number of hydrogen-bond donors (Lipinski definition) is 1. The third-order valence-corrected chi connectivity index (χ3v) is 3.57. The molecule has 0 aliphatic carbocycles. The number of benzene rings is 2. The minimum Gasteiger partial charge on any atom is -0.460 e. The summed E-state index contributed by atoms with van der Waals surface area (Å²) in [5.41, 5.74) is 0.609. The van der Waals surface area contributed by atoms with Crippen molar-refractivity contribution < 1.29 is 4.74 Å². The van der Waals surface area contributed by atoms with Gasteiger partial charge in [0.2, 0.25) is 5.72 Å². The molecule has 2 aromatic carbocycles. The molecular formula is C17H13NO. The molecule has 1 atom stereocenters. The molecule has 92 valence electrons. The number of nitrogens with one attached hydrogen (secondary N) is 1. The molecule has 0 saturated heterocycles. The van der Waals surface area contributed by atoms with Crippen LogP contribution in [0.1, 0.15) is 5.56 Å². The second-order valence-electron chi connectivity index (χ2n) is 4.79. The Hall–Kier alpha value is -2.48. The Bertz CT molecular complexity index is 742. The lowest BCUT2D eigenvalue weighted by atomic mass is 9.98. The average Bonchev–Trinajstić information content (AvgIpc) is 2.47. The molecule has 2 nitrogen and oxygen atoms in total. The van der Waals surface area contributed by atoms with Crippen LogP contribution in [0.5, 0.6) is 5.75 Å². The summed E-state index contributed by atoms with van der Waals surface area (Å²) in [6, 6.07) is 12.5. The predicted molar refractivity (Wildman–Crippen MR) is 77.8 cm³/mol. The first-order chi connectivity index (χ1) is 9.36. The Kier molecular flexibility index (Phi) is 2.06. The van der Waals surface area contributed by atoms with E-state index in [2.05, 4.69) is 47.8 Å². The third-order valence-electron chi connectivity index (χ3n) is 3.57. The van der Waals surface area contributed by atoms with Crippen LogP contribution in [0.4, 0.5) is 0 Å². The molecule has 0 bridgehead atoms. The Labute approximate surface area is 111 Å². The van der Waals surface area contributed by atoms with E-state index in [1.807, 2.05) is 30.5 Å². The molecule has 0 fully saturated rings. The van der Waals surface area contributed by atoms with Crippen molar-refractivity contribution >= 4 is 16.8 Å². The predicted octanol–water partition coefficient (Wildman–Crippen LogP) is 3.61. The Balaban J connectivity index is 1.88. The highest BCUT2D eigenvalue weighted by Gasteiger charge is 2.30. The summed E-state index contributed by atoms with van der Waals surface area (Å²) in [6.45, 7) is 0. The number of dihydropyridines is 1. The summed E-state index contributed by atoms with van der Waals surface area (Å²) in [5.74, 6) is 0.911. The summed E-state index contributed by atoms with van der Waals surface area (Å²) in [5, 5.41) is 5.70. The fraction of sp³-hybridized carbons (Fsp3) is 0.0588. The van der Waals surface area contributed by atoms with Gasteiger partial charge in [0, 0.05) is 11.8 Å². The van der Waals surface area contributed by atoms with E-state index in [1.165, 1.54) is 10.8 Å². The minimum atomic E-state index is -0.537. The Morgan fingerprint density at radius 1 is 0.947 bits per heavy atom. The molecule has 2 heterocycles. The van der Waals surface area contributed by atoms with Crippen LogP contribution in [0.2, 0.25) is 0 Å². The van der Waals surface area contributed by atoms with Gasteiger partial charge in [-0.05, 0) is 41.1 Å². The first-order valence-corrected chi connectivity index (χ1v) is 6.38. The molecule has 2 aliphatic rings. The van der Waals surface area contributed by atoms with Crippen LogP contribution in [0.15, 0.2) is 66.9 Å². The van der Waals surface area contributed by atoms with Crippen molar-refractivity contribution in [3.8, 4) is 5.75 Å². The number of ether oxygens (including phenoxy) is 1. The molecule has 0 aromatic heterocycles. The first kappa shape index (κ1) is 10.4. The van der Waals surface area contributed by atoms with Gasteiger partial charge < -0.3 is 10.1 Å². The highest BCUT2D eigenvalue weighted by Crippen LogP contribution is 2.36. The zero-order valence-corrected chi connectivity index (χ0v) is 10.3. The van der Waals surface area contributed by atoms with E-state index in [-0.39, 0.29) is 0 Å². The maximum atomic E-state index is 6.13. The average molecular weight is 247 g/mol. The van der Waals surface area contributed by atoms with Crippen molar-refractivity contribution in [3.05, 3.63) is 72.5 Å². The fourth-order valence-corrected chi connectivity index (χ4v) is 2.61. The van der Waals surface area contributed by atoms with E-state index < -0.39 is 5.72 Å². The van der Waals surface area contributed by atoms with Gasteiger partial charge in [-0.3, -0.25) is 0 Å². The second-order valence-corrected chi connectivity index (χ2v) is 4.79. The van der Waals surface area contributed by atoms with E-state index >= 15 is 0 Å². The lowest BCUT2D eigenvalue weighted by Crippen LogP contribution is -2.46. The summed E-state index contributed by atoms with van der Waals surface area (Å²) >= 11 is 0. The lowest BCUT2D eigenvalue weighted by Gasteiger charge is -2.34. The van der Waals surface area contributed by atoms with Crippen molar-refractivity contribution in [1.29, 1.82) is 0 Å². The molecule has 0 radical (unpaired) electrons. The topological polar surface area (TPSA) is 21.3 Å². The molecule has 2 aromatic rings. The van der Waals surface area contributed by atoms with Crippen LogP contribution in [0, 0.1) is 0 Å². The van der Waals surface area contributed by atoms with E-state index in [9.17, 15) is 0 Å². The Morgan fingerprint density at radius 3 is 2.79 bits per heavy atom. The first-order valence-electron chi connectivity index (χ1n) is 6.38. The number of hydrogen-bond acceptors (Lipinski definition) is 2. The molecular weight excluding hydrogens is 234 g/mol. The van der Waals surface area contributed by atoms with Gasteiger partial charge in [0.15, 0.2) is 0 Å². The fourth-order valence-electron chi connectivity index (χ4n) is 2.61. The maximum Gasteiger partial charge on any atom is 0.219 e. The molecule has 1 unspecified atom stereocenters. The van der Waals surface area contributed by atoms with Crippen molar-refractivity contribution in [1.82, 2.24) is 5.32 Å². The summed E-state index contributed by atoms with van der Waals surface area (Å²) in [7, 11) is 0. The van der Waals surface area contributed by atoms with Gasteiger partial charge in [-0.2, -0.15) is 0 Å². The largest absolute Gasteiger partial charge is 0.460 e. The van der Waals surface area contributed by atoms with Crippen molar-refractivity contribution in [2.24, 2.45) is 0 Å². The van der Waals surface area contributed by atoms with Gasteiger partial charge in [-0.1, -0.05) is 36.4 Å². The van der Waals surface area contributed by atoms with Crippen LogP contribution >= 0.6 is 0 Å². The smallest absolute Gasteiger partial charge is 0.219 e. The van der Waals surface area contributed by atoms with Crippen molar-refractivity contribution in [2.75, 3.05) is 0 Å². The van der Waals surface area contributed by atoms with Gasteiger partial charge in [0.25, 0.3) is 0 Å². The summed E-state index contributed by atoms with van der Waals surface area (Å²) in [4.78, 5) is 0. The molecule has 1 N–H and O–H groups in total. The second kappa shape index (κ2) is 3.75. The molecule has 2 heteroatoms. The number of rotatable bonds is 0. The highest BCUT2D eigenvalue weighted by molar-refractivity contribution is 5.93.